The Bertz CT molecular complexity index is 1080. The second-order valence-corrected chi connectivity index (χ2v) is 8.80. The lowest BCUT2D eigenvalue weighted by Gasteiger charge is -2.36. The molecule has 2 unspecified atom stereocenters. The first-order chi connectivity index (χ1) is 13.9. The molecule has 0 bridgehead atoms. The third-order valence-electron chi connectivity index (χ3n) is 4.91. The normalized spacial score (nSPS) is 21.6. The molecule has 30 heavy (non-hydrogen) atoms. The fourth-order valence-corrected chi connectivity index (χ4v) is 4.55. The van der Waals surface area contributed by atoms with Crippen LogP contribution in [0.2, 0.25) is 0 Å². The van der Waals surface area contributed by atoms with Gasteiger partial charge in [-0.25, -0.2) is 4.68 Å². The number of rotatable bonds is 4. The van der Waals surface area contributed by atoms with Crippen LogP contribution in [0.25, 0.3) is 0 Å². The van der Waals surface area contributed by atoms with E-state index in [1.54, 1.807) is 25.3 Å². The number of halogens is 5. The van der Waals surface area contributed by atoms with Crippen LogP contribution in [0, 0.1) is 13.8 Å². The molecule has 0 aliphatic heterocycles. The van der Waals surface area contributed by atoms with Gasteiger partial charge in [-0.1, -0.05) is 41.4 Å². The van der Waals surface area contributed by atoms with Crippen molar-refractivity contribution in [2.75, 3.05) is 12.0 Å². The summed E-state index contributed by atoms with van der Waals surface area (Å²) in [6.07, 6.45) is 0.0414. The molecule has 1 aliphatic rings. The molecule has 0 saturated heterocycles. The van der Waals surface area contributed by atoms with Crippen LogP contribution in [0.3, 0.4) is 0 Å². The number of hydrogen-bond donors (Lipinski definition) is 1. The fourth-order valence-electron chi connectivity index (χ4n) is 3.30. The number of anilines is 1. The number of aryl methyl sites for hydroxylation is 2. The highest BCUT2D eigenvalue weighted by atomic mass is 35.5. The van der Waals surface area contributed by atoms with Crippen LogP contribution in [-0.2, 0) is 0 Å². The first-order valence-electron chi connectivity index (χ1n) is 8.76. The highest BCUT2D eigenvalue weighted by Crippen LogP contribution is 2.52. The zero-order chi connectivity index (χ0) is 22.4. The molecule has 10 heteroatoms. The number of carbonyl (C=O) groups excluding carboxylic acids is 1. The first-order valence-corrected chi connectivity index (χ1v) is 10.7. The molecule has 160 valence electrons. The molecule has 0 amide bonds. The second-order valence-electron chi connectivity index (χ2n) is 6.94. The summed E-state index contributed by atoms with van der Waals surface area (Å²) in [5.41, 5.74) is 8.19. The largest absolute Gasteiger partial charge is 0.413 e. The predicted molar refractivity (Wildman–Crippen MR) is 115 cm³/mol. The Kier molecular flexibility index (Phi) is 6.06. The standard InChI is InChI=1S/C20H18Cl2F3N3OS/c1-10-6-7-11(2)12(9-10)15(29)14-17(26)28(27-18(14)30-3)16-13(21)5-4-8-19(16,22)20(23,24)25/h4-9,16H,26H2,1-3H3. The van der Waals surface area contributed by atoms with E-state index in [1.165, 1.54) is 6.08 Å². The maximum Gasteiger partial charge on any atom is 0.413 e. The summed E-state index contributed by atoms with van der Waals surface area (Å²) in [6.45, 7) is 3.60. The molecule has 2 N–H and O–H groups in total. The monoisotopic (exact) mass is 475 g/mol. The van der Waals surface area contributed by atoms with Gasteiger partial charge in [0, 0.05) is 10.6 Å². The highest BCUT2D eigenvalue weighted by Gasteiger charge is 2.60. The Labute approximate surface area is 185 Å². The van der Waals surface area contributed by atoms with Crippen molar-refractivity contribution in [2.24, 2.45) is 0 Å². The van der Waals surface area contributed by atoms with Gasteiger partial charge < -0.3 is 5.73 Å². The van der Waals surface area contributed by atoms with E-state index in [9.17, 15) is 18.0 Å². The van der Waals surface area contributed by atoms with E-state index in [4.69, 9.17) is 28.9 Å². The zero-order valence-electron chi connectivity index (χ0n) is 16.2. The average molecular weight is 476 g/mol. The van der Waals surface area contributed by atoms with Crippen LogP contribution >= 0.6 is 35.0 Å². The van der Waals surface area contributed by atoms with Crippen molar-refractivity contribution in [3.63, 3.8) is 0 Å². The molecule has 0 saturated carbocycles. The van der Waals surface area contributed by atoms with Crippen LogP contribution in [0.5, 0.6) is 0 Å². The Hall–Kier alpha value is -1.90. The summed E-state index contributed by atoms with van der Waals surface area (Å²) in [5.74, 6) is -0.658. The van der Waals surface area contributed by atoms with E-state index in [1.807, 2.05) is 13.0 Å². The number of hydrogen-bond acceptors (Lipinski definition) is 4. The van der Waals surface area contributed by atoms with Crippen molar-refractivity contribution in [3.05, 3.63) is 63.7 Å². The molecule has 4 nitrogen and oxygen atoms in total. The summed E-state index contributed by atoms with van der Waals surface area (Å²) in [4.78, 5) is 10.4. The van der Waals surface area contributed by atoms with Crippen LogP contribution in [0.1, 0.15) is 33.1 Å². The first kappa shape index (κ1) is 22.8. The van der Waals surface area contributed by atoms with Crippen molar-refractivity contribution in [3.8, 4) is 0 Å². The highest BCUT2D eigenvalue weighted by molar-refractivity contribution is 7.98. The van der Waals surface area contributed by atoms with Crippen molar-refractivity contribution < 1.29 is 18.0 Å². The van der Waals surface area contributed by atoms with Gasteiger partial charge in [-0.2, -0.15) is 18.3 Å². The summed E-state index contributed by atoms with van der Waals surface area (Å²) in [7, 11) is 0. The maximum atomic E-state index is 13.9. The number of allylic oxidation sites excluding steroid dienone is 4. The molecule has 1 aromatic heterocycles. The van der Waals surface area contributed by atoms with E-state index in [0.29, 0.717) is 11.1 Å². The van der Waals surface area contributed by atoms with Gasteiger partial charge >= 0.3 is 6.18 Å². The lowest BCUT2D eigenvalue weighted by molar-refractivity contribution is -0.157. The zero-order valence-corrected chi connectivity index (χ0v) is 18.5. The SMILES string of the molecule is CSc1nn(C2C(Cl)=CC=CC2(Cl)C(F)(F)F)c(N)c1C(=O)c1cc(C)ccc1C. The van der Waals surface area contributed by atoms with Gasteiger partial charge in [0.25, 0.3) is 0 Å². The van der Waals surface area contributed by atoms with Gasteiger partial charge in [0.15, 0.2) is 10.7 Å². The molecule has 0 spiro atoms. The molecular formula is C20H18Cl2F3N3OS. The minimum Gasteiger partial charge on any atom is -0.383 e. The Balaban J connectivity index is 2.21. The molecule has 3 rings (SSSR count). The minimum atomic E-state index is -4.85. The van der Waals surface area contributed by atoms with Gasteiger partial charge in [0.05, 0.1) is 5.56 Å². The van der Waals surface area contributed by atoms with Crippen molar-refractivity contribution >= 4 is 46.6 Å². The molecule has 2 atom stereocenters. The number of ketones is 1. The predicted octanol–water partition coefficient (Wildman–Crippen LogP) is 5.81. The van der Waals surface area contributed by atoms with Crippen LogP contribution in [0.4, 0.5) is 19.0 Å². The van der Waals surface area contributed by atoms with Crippen LogP contribution in [0.15, 0.2) is 46.5 Å². The molecular weight excluding hydrogens is 458 g/mol. The van der Waals surface area contributed by atoms with E-state index < -0.39 is 22.9 Å². The van der Waals surface area contributed by atoms with Crippen molar-refractivity contribution in [1.82, 2.24) is 9.78 Å². The van der Waals surface area contributed by atoms with Gasteiger partial charge in [0.2, 0.25) is 0 Å². The average Bonchev–Trinajstić information content (AvgIpc) is 2.98. The van der Waals surface area contributed by atoms with Gasteiger partial charge in [-0.3, -0.25) is 4.79 Å². The summed E-state index contributed by atoms with van der Waals surface area (Å²) < 4.78 is 42.5. The van der Waals surface area contributed by atoms with Crippen molar-refractivity contribution in [1.29, 1.82) is 0 Å². The third kappa shape index (κ3) is 3.65. The third-order valence-corrected chi connectivity index (χ3v) is 6.46. The van der Waals surface area contributed by atoms with Crippen molar-refractivity contribution in [2.45, 2.75) is 36.0 Å². The number of aromatic nitrogens is 2. The lowest BCUT2D eigenvalue weighted by Crippen LogP contribution is -2.47. The molecule has 0 fully saturated rings. The molecule has 1 heterocycles. The number of benzene rings is 1. The quantitative estimate of drug-likeness (QED) is 0.344. The lowest BCUT2D eigenvalue weighted by atomic mass is 9.93. The van der Waals surface area contributed by atoms with Gasteiger partial charge in [-0.05, 0) is 37.8 Å². The molecule has 0 radical (unpaired) electrons. The fraction of sp³-hybridized carbons (Fsp3) is 0.300. The van der Waals surface area contributed by atoms with E-state index >= 15 is 0 Å². The molecule has 1 aromatic carbocycles. The molecule has 1 aliphatic carbocycles. The maximum absolute atomic E-state index is 13.9. The number of alkyl halides is 4. The van der Waals surface area contributed by atoms with Gasteiger partial charge in [-0.15, -0.1) is 23.4 Å². The van der Waals surface area contributed by atoms with E-state index in [-0.39, 0.29) is 21.4 Å². The number of nitrogens with zero attached hydrogens (tertiary/aromatic N) is 2. The number of thioether (sulfide) groups is 1. The summed E-state index contributed by atoms with van der Waals surface area (Å²) >= 11 is 13.3. The Morgan fingerprint density at radius 1 is 1.33 bits per heavy atom. The Morgan fingerprint density at radius 2 is 2.00 bits per heavy atom. The number of nitrogens with two attached hydrogens (primary N) is 1. The van der Waals surface area contributed by atoms with E-state index in [2.05, 4.69) is 5.10 Å². The summed E-state index contributed by atoms with van der Waals surface area (Å²) in [6, 6.07) is 3.70. The number of nitrogen functional groups attached to an aromatic ring is 1. The Morgan fingerprint density at radius 3 is 2.60 bits per heavy atom. The smallest absolute Gasteiger partial charge is 0.383 e. The minimum absolute atomic E-state index is 0.0245. The van der Waals surface area contributed by atoms with Crippen LogP contribution < -0.4 is 5.73 Å². The summed E-state index contributed by atoms with van der Waals surface area (Å²) in [5, 5.41) is 4.20. The van der Waals surface area contributed by atoms with E-state index in [0.717, 1.165) is 34.2 Å². The number of carbonyl (C=O) groups is 1. The van der Waals surface area contributed by atoms with Crippen LogP contribution in [-0.4, -0.2) is 32.9 Å². The topological polar surface area (TPSA) is 60.9 Å². The van der Waals surface area contributed by atoms with Gasteiger partial charge in [0.1, 0.15) is 16.9 Å². The molecule has 2 aromatic rings. The second kappa shape index (κ2) is 7.98.